The third-order valence-corrected chi connectivity index (χ3v) is 6.25. The first-order chi connectivity index (χ1) is 16.2. The lowest BCUT2D eigenvalue weighted by Gasteiger charge is -2.25. The number of carbonyl (C=O) groups excluding carboxylic acids is 1. The van der Waals surface area contributed by atoms with E-state index in [4.69, 9.17) is 13.9 Å². The predicted molar refractivity (Wildman–Crippen MR) is 122 cm³/mol. The third kappa shape index (κ3) is 4.86. The monoisotopic (exact) mass is 454 g/mol. The number of aromatic nitrogens is 4. The average molecular weight is 455 g/mol. The molecule has 0 unspecified atom stereocenters. The van der Waals surface area contributed by atoms with Crippen molar-refractivity contribution in [3.05, 3.63) is 24.4 Å². The van der Waals surface area contributed by atoms with Crippen LogP contribution in [-0.2, 0) is 27.2 Å². The van der Waals surface area contributed by atoms with E-state index in [1.165, 1.54) is 0 Å². The van der Waals surface area contributed by atoms with Crippen molar-refractivity contribution in [2.75, 3.05) is 31.7 Å². The highest BCUT2D eigenvalue weighted by Gasteiger charge is 2.23. The van der Waals surface area contributed by atoms with Crippen molar-refractivity contribution in [1.82, 2.24) is 25.1 Å². The molecule has 3 aromatic heterocycles. The van der Waals surface area contributed by atoms with E-state index in [9.17, 15) is 4.79 Å². The summed E-state index contributed by atoms with van der Waals surface area (Å²) in [7, 11) is 0. The Labute approximate surface area is 192 Å². The molecule has 0 saturated carbocycles. The highest BCUT2D eigenvalue weighted by molar-refractivity contribution is 5.96. The number of hydrogen-bond acceptors (Lipinski definition) is 8. The maximum Gasteiger partial charge on any atom is 0.229 e. The number of ether oxygens (including phenoxy) is 2. The Balaban J connectivity index is 1.39. The van der Waals surface area contributed by atoms with Crippen LogP contribution >= 0.6 is 0 Å². The maximum absolute atomic E-state index is 12.5. The van der Waals surface area contributed by atoms with Crippen LogP contribution < -0.4 is 10.6 Å². The summed E-state index contributed by atoms with van der Waals surface area (Å²) < 4.78 is 18.5. The van der Waals surface area contributed by atoms with Crippen LogP contribution in [0.1, 0.15) is 38.3 Å². The molecule has 10 heteroatoms. The molecule has 2 aliphatic heterocycles. The number of oxazole rings is 1. The van der Waals surface area contributed by atoms with Gasteiger partial charge in [-0.15, -0.1) is 0 Å². The minimum atomic E-state index is -0.0555. The molecule has 3 aromatic rings. The highest BCUT2D eigenvalue weighted by Crippen LogP contribution is 2.34. The fourth-order valence-electron chi connectivity index (χ4n) is 4.42. The minimum Gasteiger partial charge on any atom is -0.444 e. The van der Waals surface area contributed by atoms with Crippen LogP contribution in [0, 0.1) is 0 Å². The van der Waals surface area contributed by atoms with Crippen molar-refractivity contribution in [3.63, 3.8) is 0 Å². The summed E-state index contributed by atoms with van der Waals surface area (Å²) in [4.78, 5) is 21.7. The molecule has 0 aliphatic carbocycles. The van der Waals surface area contributed by atoms with Gasteiger partial charge < -0.3 is 24.5 Å². The van der Waals surface area contributed by atoms with E-state index in [1.54, 1.807) is 12.5 Å². The van der Waals surface area contributed by atoms with Gasteiger partial charge in [0.1, 0.15) is 6.26 Å². The number of rotatable bonds is 7. The van der Waals surface area contributed by atoms with Gasteiger partial charge in [-0.1, -0.05) is 0 Å². The van der Waals surface area contributed by atoms with E-state index in [1.807, 2.05) is 17.8 Å². The lowest BCUT2D eigenvalue weighted by Crippen LogP contribution is -2.39. The molecule has 33 heavy (non-hydrogen) atoms. The predicted octanol–water partition coefficient (Wildman–Crippen LogP) is 2.53. The standard InChI is InChI=1S/C23H30N6O4/c1-2-29-22-18(13-25-29)21(27-16-5-9-32-10-6-16)19(12-24-22)23-28-17(14-33-23)11-20(30)26-15-3-7-31-8-4-15/h12-16H,2-11H2,1H3,(H,24,27)(H,26,30). The van der Waals surface area contributed by atoms with Gasteiger partial charge in [-0.2, -0.15) is 5.10 Å². The van der Waals surface area contributed by atoms with Crippen LogP contribution in [0.2, 0.25) is 0 Å². The van der Waals surface area contributed by atoms with E-state index >= 15 is 0 Å². The number of carbonyl (C=O) groups is 1. The molecule has 2 N–H and O–H groups in total. The zero-order valence-electron chi connectivity index (χ0n) is 18.9. The summed E-state index contributed by atoms with van der Waals surface area (Å²) in [5.41, 5.74) is 3.08. The van der Waals surface area contributed by atoms with Crippen molar-refractivity contribution in [2.45, 2.75) is 57.7 Å². The molecule has 5 heterocycles. The van der Waals surface area contributed by atoms with Gasteiger partial charge in [0.2, 0.25) is 11.8 Å². The molecule has 176 valence electrons. The minimum absolute atomic E-state index is 0.0555. The van der Waals surface area contributed by atoms with Crippen LogP contribution in [-0.4, -0.2) is 64.2 Å². The lowest BCUT2D eigenvalue weighted by molar-refractivity contribution is -0.121. The molecule has 5 rings (SSSR count). The van der Waals surface area contributed by atoms with Gasteiger partial charge in [0, 0.05) is 51.3 Å². The molecule has 10 nitrogen and oxygen atoms in total. The van der Waals surface area contributed by atoms with Crippen molar-refractivity contribution in [1.29, 1.82) is 0 Å². The first-order valence-corrected chi connectivity index (χ1v) is 11.7. The molecule has 0 atom stereocenters. The molecule has 0 aromatic carbocycles. The highest BCUT2D eigenvalue weighted by atomic mass is 16.5. The van der Waals surface area contributed by atoms with Gasteiger partial charge in [-0.25, -0.2) is 14.6 Å². The van der Waals surface area contributed by atoms with Gasteiger partial charge >= 0.3 is 0 Å². The second-order valence-corrected chi connectivity index (χ2v) is 8.55. The molecule has 2 fully saturated rings. The topological polar surface area (TPSA) is 116 Å². The number of pyridine rings is 1. The Hall–Kier alpha value is -2.98. The Morgan fingerprint density at radius 1 is 1.09 bits per heavy atom. The van der Waals surface area contributed by atoms with Crippen LogP contribution in [0.5, 0.6) is 0 Å². The Bertz CT molecular complexity index is 1100. The fraction of sp³-hybridized carbons (Fsp3) is 0.565. The van der Waals surface area contributed by atoms with Gasteiger partial charge in [-0.05, 0) is 32.6 Å². The van der Waals surface area contributed by atoms with Gasteiger partial charge in [-0.3, -0.25) is 4.79 Å². The Morgan fingerprint density at radius 2 is 1.82 bits per heavy atom. The van der Waals surface area contributed by atoms with Crippen molar-refractivity contribution >= 4 is 22.6 Å². The second-order valence-electron chi connectivity index (χ2n) is 8.55. The van der Waals surface area contributed by atoms with Gasteiger partial charge in [0.25, 0.3) is 0 Å². The zero-order chi connectivity index (χ0) is 22.6. The number of nitrogens with one attached hydrogen (secondary N) is 2. The molecular weight excluding hydrogens is 424 g/mol. The van der Waals surface area contributed by atoms with Crippen LogP contribution in [0.15, 0.2) is 23.1 Å². The smallest absolute Gasteiger partial charge is 0.229 e. The quantitative estimate of drug-likeness (QED) is 0.559. The maximum atomic E-state index is 12.5. The SMILES string of the molecule is CCn1ncc2c(NC3CCOCC3)c(-c3nc(CC(=O)NC4CCOCC4)co3)cnc21. The van der Waals surface area contributed by atoms with E-state index in [2.05, 4.69) is 25.7 Å². The van der Waals surface area contributed by atoms with Crippen LogP contribution in [0.4, 0.5) is 5.69 Å². The van der Waals surface area contributed by atoms with Crippen molar-refractivity contribution in [2.24, 2.45) is 0 Å². The van der Waals surface area contributed by atoms with Crippen LogP contribution in [0.25, 0.3) is 22.5 Å². The van der Waals surface area contributed by atoms with Gasteiger partial charge in [0.05, 0.1) is 34.9 Å². The lowest BCUT2D eigenvalue weighted by atomic mass is 10.1. The molecule has 0 bridgehead atoms. The van der Waals surface area contributed by atoms with Gasteiger partial charge in [0.15, 0.2) is 5.65 Å². The summed E-state index contributed by atoms with van der Waals surface area (Å²) in [6.45, 7) is 5.62. The first kappa shape index (κ1) is 21.8. The number of fused-ring (bicyclic) bond motifs is 1. The average Bonchev–Trinajstić information content (AvgIpc) is 3.47. The molecule has 1 amide bonds. The molecule has 0 radical (unpaired) electrons. The largest absolute Gasteiger partial charge is 0.444 e. The summed E-state index contributed by atoms with van der Waals surface area (Å²) in [6, 6.07) is 0.447. The number of aryl methyl sites for hydroxylation is 1. The van der Waals surface area contributed by atoms with E-state index in [0.29, 0.717) is 24.8 Å². The zero-order valence-corrected chi connectivity index (χ0v) is 18.9. The molecular formula is C23H30N6O4. The summed E-state index contributed by atoms with van der Waals surface area (Å²) >= 11 is 0. The normalized spacial score (nSPS) is 18.0. The molecule has 0 spiro atoms. The Morgan fingerprint density at radius 3 is 2.55 bits per heavy atom. The third-order valence-electron chi connectivity index (χ3n) is 6.25. The molecule has 2 saturated heterocycles. The van der Waals surface area contributed by atoms with E-state index < -0.39 is 0 Å². The number of hydrogen-bond donors (Lipinski definition) is 2. The van der Waals surface area contributed by atoms with E-state index in [0.717, 1.165) is 67.7 Å². The summed E-state index contributed by atoms with van der Waals surface area (Å²) in [5.74, 6) is 0.386. The Kier molecular flexibility index (Phi) is 6.54. The number of amides is 1. The first-order valence-electron chi connectivity index (χ1n) is 11.7. The van der Waals surface area contributed by atoms with Crippen LogP contribution in [0.3, 0.4) is 0 Å². The van der Waals surface area contributed by atoms with Crippen molar-refractivity contribution < 1.29 is 18.7 Å². The van der Waals surface area contributed by atoms with E-state index in [-0.39, 0.29) is 24.4 Å². The summed E-state index contributed by atoms with van der Waals surface area (Å²) in [5, 5.41) is 12.1. The number of anilines is 1. The molecule has 2 aliphatic rings. The fourth-order valence-corrected chi connectivity index (χ4v) is 4.42. The number of nitrogens with zero attached hydrogens (tertiary/aromatic N) is 4. The second kappa shape index (κ2) is 9.88. The summed E-state index contributed by atoms with van der Waals surface area (Å²) in [6.07, 6.45) is 8.87. The van der Waals surface area contributed by atoms with Crippen molar-refractivity contribution in [3.8, 4) is 11.5 Å².